The van der Waals surface area contributed by atoms with Crippen molar-refractivity contribution in [2.45, 2.75) is 18.4 Å². The molecule has 2 aromatic carbocycles. The van der Waals surface area contributed by atoms with Crippen molar-refractivity contribution < 1.29 is 23.2 Å². The van der Waals surface area contributed by atoms with Crippen LogP contribution in [0.25, 0.3) is 0 Å². The van der Waals surface area contributed by atoms with E-state index in [1.165, 1.54) is 17.6 Å². The Morgan fingerprint density at radius 2 is 1.65 bits per heavy atom. The van der Waals surface area contributed by atoms with E-state index in [0.29, 0.717) is 5.56 Å². The van der Waals surface area contributed by atoms with Crippen molar-refractivity contribution in [1.29, 1.82) is 0 Å². The summed E-state index contributed by atoms with van der Waals surface area (Å²) in [6, 6.07) is 13.8. The van der Waals surface area contributed by atoms with Crippen molar-refractivity contribution in [3.05, 3.63) is 65.7 Å². The predicted molar refractivity (Wildman–Crippen MR) is 93.7 cm³/mol. The molecule has 26 heavy (non-hydrogen) atoms. The van der Waals surface area contributed by atoms with E-state index < -0.39 is 28.5 Å². The maximum absolute atomic E-state index is 12.4. The van der Waals surface area contributed by atoms with Crippen LogP contribution in [-0.4, -0.2) is 37.0 Å². The molecule has 3 amide bonds. The molecule has 9 heteroatoms. The molecule has 0 aliphatic rings. The minimum atomic E-state index is -4.09. The van der Waals surface area contributed by atoms with Gasteiger partial charge in [0.15, 0.2) is 0 Å². The second kappa shape index (κ2) is 8.45. The highest BCUT2D eigenvalue weighted by Gasteiger charge is 2.23. The van der Waals surface area contributed by atoms with Crippen LogP contribution in [0.3, 0.4) is 0 Å². The number of hydrogen-bond donors (Lipinski definition) is 3. The zero-order valence-corrected chi connectivity index (χ0v) is 14.9. The molecule has 0 aliphatic carbocycles. The minimum Gasteiger partial charge on any atom is -0.310 e. The molecule has 0 saturated carbocycles. The van der Waals surface area contributed by atoms with Crippen molar-refractivity contribution in [1.82, 2.24) is 15.1 Å². The fourth-order valence-electron chi connectivity index (χ4n) is 2.17. The van der Waals surface area contributed by atoms with E-state index in [2.05, 4.69) is 0 Å². The Hall–Kier alpha value is -2.91. The number of hydrogen-bond acceptors (Lipinski definition) is 5. The van der Waals surface area contributed by atoms with Crippen LogP contribution in [0, 0.1) is 6.92 Å². The van der Waals surface area contributed by atoms with Crippen LogP contribution in [0.4, 0.5) is 4.79 Å². The van der Waals surface area contributed by atoms with Crippen LogP contribution in [0.1, 0.15) is 11.1 Å². The Morgan fingerprint density at radius 1 is 1.04 bits per heavy atom. The van der Waals surface area contributed by atoms with Gasteiger partial charge in [-0.25, -0.2) is 23.4 Å². The number of carbonyl (C=O) groups excluding carboxylic acids is 2. The lowest BCUT2D eigenvalue weighted by Gasteiger charge is -2.22. The van der Waals surface area contributed by atoms with E-state index in [4.69, 9.17) is 5.21 Å². The molecule has 0 aliphatic heterocycles. The molecule has 0 aromatic heterocycles. The number of nitrogens with one attached hydrogen (secondary N) is 2. The largest absolute Gasteiger partial charge is 0.332 e. The van der Waals surface area contributed by atoms with Crippen molar-refractivity contribution >= 4 is 22.0 Å². The number of amides is 3. The molecule has 0 unspecified atom stereocenters. The van der Waals surface area contributed by atoms with Gasteiger partial charge in [0.25, 0.3) is 15.9 Å². The van der Waals surface area contributed by atoms with Gasteiger partial charge < -0.3 is 4.90 Å². The number of sulfonamides is 1. The SMILES string of the molecule is Cc1ccc(S(=O)(=O)NC(=O)N(CC(=O)NO)Cc2ccccc2)cc1. The van der Waals surface area contributed by atoms with E-state index in [0.717, 1.165) is 10.5 Å². The van der Waals surface area contributed by atoms with E-state index in [-0.39, 0.29) is 11.4 Å². The van der Waals surface area contributed by atoms with E-state index in [1.807, 2.05) is 11.6 Å². The summed E-state index contributed by atoms with van der Waals surface area (Å²) < 4.78 is 26.7. The van der Waals surface area contributed by atoms with Gasteiger partial charge in [-0.05, 0) is 24.6 Å². The van der Waals surface area contributed by atoms with Crippen LogP contribution < -0.4 is 10.2 Å². The highest BCUT2D eigenvalue weighted by atomic mass is 32.2. The molecule has 2 aromatic rings. The lowest BCUT2D eigenvalue weighted by Crippen LogP contribution is -2.46. The number of nitrogens with zero attached hydrogens (tertiary/aromatic N) is 1. The first-order valence-electron chi connectivity index (χ1n) is 7.67. The monoisotopic (exact) mass is 377 g/mol. The quantitative estimate of drug-likeness (QED) is 0.520. The van der Waals surface area contributed by atoms with Crippen LogP contribution >= 0.6 is 0 Å². The third-order valence-corrected chi connectivity index (χ3v) is 4.85. The lowest BCUT2D eigenvalue weighted by molar-refractivity contribution is -0.129. The molecule has 0 fully saturated rings. The molecular formula is C17H19N3O5S. The normalized spacial score (nSPS) is 10.8. The molecule has 3 N–H and O–H groups in total. The van der Waals surface area contributed by atoms with Crippen molar-refractivity contribution in [2.24, 2.45) is 0 Å². The second-order valence-corrected chi connectivity index (χ2v) is 7.28. The molecule has 0 spiro atoms. The molecule has 0 heterocycles. The maximum atomic E-state index is 12.4. The van der Waals surface area contributed by atoms with E-state index in [1.54, 1.807) is 42.5 Å². The third kappa shape index (κ3) is 5.30. The van der Waals surface area contributed by atoms with E-state index in [9.17, 15) is 18.0 Å². The van der Waals surface area contributed by atoms with Crippen LogP contribution in [-0.2, 0) is 21.4 Å². The Balaban J connectivity index is 2.19. The summed E-state index contributed by atoms with van der Waals surface area (Å²) in [4.78, 5) is 24.8. The van der Waals surface area contributed by atoms with Gasteiger partial charge in [-0.2, -0.15) is 0 Å². The summed E-state index contributed by atoms with van der Waals surface area (Å²) in [5.74, 6) is -0.844. The summed E-state index contributed by atoms with van der Waals surface area (Å²) in [6.07, 6.45) is 0. The number of rotatable bonds is 6. The Bertz CT molecular complexity index is 867. The van der Waals surface area contributed by atoms with Crippen molar-refractivity contribution in [3.63, 3.8) is 0 Å². The third-order valence-electron chi connectivity index (χ3n) is 3.52. The zero-order valence-electron chi connectivity index (χ0n) is 14.0. The summed E-state index contributed by atoms with van der Waals surface area (Å²) in [5.41, 5.74) is 3.00. The van der Waals surface area contributed by atoms with Gasteiger partial charge in [0.05, 0.1) is 4.90 Å². The first-order chi connectivity index (χ1) is 12.3. The minimum absolute atomic E-state index is 0.0104. The first kappa shape index (κ1) is 19.4. The predicted octanol–water partition coefficient (Wildman–Crippen LogP) is 1.40. The van der Waals surface area contributed by atoms with Crippen LogP contribution in [0.5, 0.6) is 0 Å². The fourth-order valence-corrected chi connectivity index (χ4v) is 3.14. The number of aryl methyl sites for hydroxylation is 1. The second-order valence-electron chi connectivity index (χ2n) is 5.60. The first-order valence-corrected chi connectivity index (χ1v) is 9.15. The summed E-state index contributed by atoms with van der Waals surface area (Å²) in [5, 5.41) is 8.69. The van der Waals surface area contributed by atoms with Crippen molar-refractivity contribution in [2.75, 3.05) is 6.54 Å². The van der Waals surface area contributed by atoms with Gasteiger partial charge in [-0.15, -0.1) is 0 Å². The summed E-state index contributed by atoms with van der Waals surface area (Å²) in [7, 11) is -4.09. The Labute approximate surface area is 151 Å². The highest BCUT2D eigenvalue weighted by molar-refractivity contribution is 7.90. The molecule has 0 bridgehead atoms. The average Bonchev–Trinajstić information content (AvgIpc) is 2.62. The lowest BCUT2D eigenvalue weighted by atomic mass is 10.2. The maximum Gasteiger partial charge on any atom is 0.332 e. The van der Waals surface area contributed by atoms with E-state index >= 15 is 0 Å². The fraction of sp³-hybridized carbons (Fsp3) is 0.176. The number of hydroxylamine groups is 1. The van der Waals surface area contributed by atoms with Gasteiger partial charge in [0.1, 0.15) is 6.54 Å². The molecule has 2 rings (SSSR count). The smallest absolute Gasteiger partial charge is 0.310 e. The van der Waals surface area contributed by atoms with Gasteiger partial charge >= 0.3 is 6.03 Å². The highest BCUT2D eigenvalue weighted by Crippen LogP contribution is 2.11. The molecular weight excluding hydrogens is 358 g/mol. The van der Waals surface area contributed by atoms with Crippen LogP contribution in [0.15, 0.2) is 59.5 Å². The molecule has 138 valence electrons. The summed E-state index contributed by atoms with van der Waals surface area (Å²) >= 11 is 0. The topological polar surface area (TPSA) is 116 Å². The molecule has 8 nitrogen and oxygen atoms in total. The number of benzene rings is 2. The summed E-state index contributed by atoms with van der Waals surface area (Å²) in [6.45, 7) is 1.29. The Morgan fingerprint density at radius 3 is 2.23 bits per heavy atom. The standard InChI is InChI=1S/C17H19N3O5S/c1-13-7-9-15(10-8-13)26(24,25)19-17(22)20(12-16(21)18-23)11-14-5-3-2-4-6-14/h2-10,23H,11-12H2,1H3,(H,18,21)(H,19,22). The van der Waals surface area contributed by atoms with Crippen molar-refractivity contribution in [3.8, 4) is 0 Å². The molecule has 0 atom stereocenters. The van der Waals surface area contributed by atoms with Gasteiger partial charge in [-0.3, -0.25) is 10.0 Å². The number of urea groups is 1. The van der Waals surface area contributed by atoms with Gasteiger partial charge in [-0.1, -0.05) is 48.0 Å². The Kier molecular flexibility index (Phi) is 6.31. The average molecular weight is 377 g/mol. The van der Waals surface area contributed by atoms with Gasteiger partial charge in [0, 0.05) is 6.54 Å². The van der Waals surface area contributed by atoms with Gasteiger partial charge in [0.2, 0.25) is 0 Å². The van der Waals surface area contributed by atoms with Crippen LogP contribution in [0.2, 0.25) is 0 Å². The zero-order chi connectivity index (χ0) is 19.2. The molecule has 0 radical (unpaired) electrons. The molecule has 0 saturated heterocycles. The number of carbonyl (C=O) groups is 2.